The van der Waals surface area contributed by atoms with Gasteiger partial charge in [-0.25, -0.2) is 4.79 Å². The van der Waals surface area contributed by atoms with Crippen LogP contribution in [0.3, 0.4) is 0 Å². The van der Waals surface area contributed by atoms with Gasteiger partial charge in [0, 0.05) is 36.7 Å². The number of nitrogens with two attached hydrogens (primary N) is 1. The van der Waals surface area contributed by atoms with Crippen LogP contribution in [-0.4, -0.2) is 36.0 Å². The molecule has 2 heterocycles. The Morgan fingerprint density at radius 2 is 2.08 bits per heavy atom. The lowest BCUT2D eigenvalue weighted by molar-refractivity contribution is -0.139. The van der Waals surface area contributed by atoms with Crippen LogP contribution in [0.5, 0.6) is 5.75 Å². The fourth-order valence-electron chi connectivity index (χ4n) is 3.21. The molecule has 3 rings (SSSR count). The van der Waals surface area contributed by atoms with Crippen molar-refractivity contribution in [3.8, 4) is 5.75 Å². The normalized spacial score (nSPS) is 16.8. The predicted molar refractivity (Wildman–Crippen MR) is 95.7 cm³/mol. The van der Waals surface area contributed by atoms with Crippen molar-refractivity contribution >= 4 is 16.9 Å². The van der Waals surface area contributed by atoms with Gasteiger partial charge in [0.1, 0.15) is 11.3 Å². The Bertz CT molecular complexity index is 822. The van der Waals surface area contributed by atoms with E-state index in [9.17, 15) is 9.59 Å². The van der Waals surface area contributed by atoms with Crippen LogP contribution in [0.2, 0.25) is 0 Å². The average molecular weight is 344 g/mol. The number of benzene rings is 1. The summed E-state index contributed by atoms with van der Waals surface area (Å²) in [6.45, 7) is 5.06. The van der Waals surface area contributed by atoms with Gasteiger partial charge in [0.15, 0.2) is 6.10 Å². The molecule has 1 saturated heterocycles. The maximum atomic E-state index is 12.5. The molecule has 1 aromatic carbocycles. The third kappa shape index (κ3) is 3.85. The molecule has 1 amide bonds. The Morgan fingerprint density at radius 3 is 2.76 bits per heavy atom. The lowest BCUT2D eigenvalue weighted by atomic mass is 10.1. The van der Waals surface area contributed by atoms with Crippen LogP contribution in [0.1, 0.15) is 32.3 Å². The zero-order chi connectivity index (χ0) is 18.0. The van der Waals surface area contributed by atoms with Gasteiger partial charge in [0.25, 0.3) is 5.91 Å². The third-order valence-electron chi connectivity index (χ3n) is 4.69. The van der Waals surface area contributed by atoms with E-state index in [4.69, 9.17) is 14.9 Å². The van der Waals surface area contributed by atoms with Crippen molar-refractivity contribution in [1.29, 1.82) is 0 Å². The molecule has 1 fully saturated rings. The topological polar surface area (TPSA) is 85.8 Å². The van der Waals surface area contributed by atoms with E-state index in [-0.39, 0.29) is 17.6 Å². The Hall–Kier alpha value is -2.34. The minimum Gasteiger partial charge on any atom is -0.481 e. The molecule has 0 saturated carbocycles. The maximum Gasteiger partial charge on any atom is 0.336 e. The van der Waals surface area contributed by atoms with Gasteiger partial charge in [-0.15, -0.1) is 0 Å². The molecule has 6 nitrogen and oxygen atoms in total. The first-order valence-electron chi connectivity index (χ1n) is 8.75. The number of aryl methyl sites for hydroxylation is 1. The summed E-state index contributed by atoms with van der Waals surface area (Å²) in [5.41, 5.74) is 6.91. The number of ether oxygens (including phenoxy) is 1. The molecule has 2 aromatic rings. The number of carbonyl (C=O) groups excluding carboxylic acids is 1. The Balaban J connectivity index is 1.76. The first-order valence-corrected chi connectivity index (χ1v) is 8.75. The fourth-order valence-corrected chi connectivity index (χ4v) is 3.21. The second-order valence-corrected chi connectivity index (χ2v) is 6.52. The van der Waals surface area contributed by atoms with Gasteiger partial charge < -0.3 is 19.8 Å². The minimum absolute atomic E-state index is 0.0456. The first-order chi connectivity index (χ1) is 12.0. The van der Waals surface area contributed by atoms with Gasteiger partial charge in [-0.2, -0.15) is 0 Å². The number of fused-ring (bicyclic) bond motifs is 1. The van der Waals surface area contributed by atoms with Crippen molar-refractivity contribution in [2.24, 2.45) is 5.73 Å². The third-order valence-corrected chi connectivity index (χ3v) is 4.69. The zero-order valence-electron chi connectivity index (χ0n) is 14.7. The summed E-state index contributed by atoms with van der Waals surface area (Å²) in [7, 11) is 0. The van der Waals surface area contributed by atoms with Gasteiger partial charge in [0.2, 0.25) is 0 Å². The molecular formula is C19H24N2O4. The molecule has 134 valence electrons. The molecule has 1 unspecified atom stereocenters. The van der Waals surface area contributed by atoms with Crippen LogP contribution in [0.4, 0.5) is 0 Å². The summed E-state index contributed by atoms with van der Waals surface area (Å²) in [5, 5.41) is 0.887. The van der Waals surface area contributed by atoms with E-state index < -0.39 is 6.10 Å². The highest BCUT2D eigenvalue weighted by atomic mass is 16.5. The lowest BCUT2D eigenvalue weighted by Crippen LogP contribution is -2.47. The molecule has 0 radical (unpaired) electrons. The van der Waals surface area contributed by atoms with Crippen LogP contribution >= 0.6 is 0 Å². The fraction of sp³-hybridized carbons (Fsp3) is 0.474. The molecule has 0 spiro atoms. The molecule has 0 bridgehead atoms. The largest absolute Gasteiger partial charge is 0.481 e. The number of hydrogen-bond acceptors (Lipinski definition) is 5. The number of carbonyl (C=O) groups is 1. The van der Waals surface area contributed by atoms with E-state index in [1.165, 1.54) is 6.07 Å². The van der Waals surface area contributed by atoms with Gasteiger partial charge >= 0.3 is 5.63 Å². The number of nitrogens with zero attached hydrogens (tertiary/aromatic N) is 1. The van der Waals surface area contributed by atoms with Crippen molar-refractivity contribution in [3.05, 3.63) is 40.2 Å². The van der Waals surface area contributed by atoms with Crippen molar-refractivity contribution in [1.82, 2.24) is 4.90 Å². The van der Waals surface area contributed by atoms with E-state index in [2.05, 4.69) is 0 Å². The van der Waals surface area contributed by atoms with Crippen LogP contribution in [0.25, 0.3) is 11.0 Å². The summed E-state index contributed by atoms with van der Waals surface area (Å²) in [4.78, 5) is 26.0. The van der Waals surface area contributed by atoms with E-state index in [0.29, 0.717) is 24.4 Å². The van der Waals surface area contributed by atoms with Crippen LogP contribution in [0, 0.1) is 0 Å². The summed E-state index contributed by atoms with van der Waals surface area (Å²) in [6.07, 6.45) is 1.78. The van der Waals surface area contributed by atoms with Crippen molar-refractivity contribution < 1.29 is 13.9 Å². The highest BCUT2D eigenvalue weighted by molar-refractivity contribution is 5.83. The lowest BCUT2D eigenvalue weighted by Gasteiger charge is -2.32. The first kappa shape index (κ1) is 17.5. The number of rotatable bonds is 4. The van der Waals surface area contributed by atoms with Crippen LogP contribution in [-0.2, 0) is 11.2 Å². The summed E-state index contributed by atoms with van der Waals surface area (Å²) in [5.74, 6) is 0.467. The summed E-state index contributed by atoms with van der Waals surface area (Å²) in [6, 6.07) is 7.03. The van der Waals surface area contributed by atoms with Gasteiger partial charge in [-0.3, -0.25) is 4.79 Å². The molecule has 1 aromatic heterocycles. The average Bonchev–Trinajstić information content (AvgIpc) is 2.60. The zero-order valence-corrected chi connectivity index (χ0v) is 14.7. The van der Waals surface area contributed by atoms with Crippen molar-refractivity contribution in [2.45, 2.75) is 45.3 Å². The number of amides is 1. The summed E-state index contributed by atoms with van der Waals surface area (Å²) >= 11 is 0. The highest BCUT2D eigenvalue weighted by Crippen LogP contribution is 2.24. The van der Waals surface area contributed by atoms with Gasteiger partial charge in [-0.05, 0) is 43.9 Å². The Morgan fingerprint density at radius 1 is 1.36 bits per heavy atom. The van der Waals surface area contributed by atoms with E-state index in [0.717, 1.165) is 30.2 Å². The molecule has 1 aliphatic heterocycles. The number of likely N-dealkylation sites (tertiary alicyclic amines) is 1. The second-order valence-electron chi connectivity index (χ2n) is 6.52. The van der Waals surface area contributed by atoms with Crippen molar-refractivity contribution in [2.75, 3.05) is 13.1 Å². The highest BCUT2D eigenvalue weighted by Gasteiger charge is 2.25. The van der Waals surface area contributed by atoms with Crippen LogP contribution < -0.4 is 16.1 Å². The molecule has 6 heteroatoms. The number of hydrogen-bond donors (Lipinski definition) is 1. The molecule has 1 atom stereocenters. The maximum absolute atomic E-state index is 12.5. The van der Waals surface area contributed by atoms with Crippen molar-refractivity contribution in [3.63, 3.8) is 0 Å². The smallest absolute Gasteiger partial charge is 0.336 e. The molecular weight excluding hydrogens is 320 g/mol. The Kier molecular flexibility index (Phi) is 5.08. The van der Waals surface area contributed by atoms with E-state index in [1.807, 2.05) is 13.0 Å². The quantitative estimate of drug-likeness (QED) is 0.858. The monoisotopic (exact) mass is 344 g/mol. The minimum atomic E-state index is -0.604. The predicted octanol–water partition coefficient (Wildman–Crippen LogP) is 2.07. The number of piperidine rings is 1. The summed E-state index contributed by atoms with van der Waals surface area (Å²) < 4.78 is 11.1. The van der Waals surface area contributed by atoms with Gasteiger partial charge in [-0.1, -0.05) is 6.92 Å². The molecule has 1 aliphatic rings. The standard InChI is InChI=1S/C19H24N2O4/c1-3-13-10-18(22)25-17-11-15(4-5-16(13)17)24-12(2)19(23)21-8-6-14(20)7-9-21/h4-5,10-12,14H,3,6-9,20H2,1-2H3. The van der Waals surface area contributed by atoms with E-state index in [1.54, 1.807) is 24.0 Å². The second kappa shape index (κ2) is 7.27. The molecule has 2 N–H and O–H groups in total. The van der Waals surface area contributed by atoms with Gasteiger partial charge in [0.05, 0.1) is 0 Å². The van der Waals surface area contributed by atoms with Crippen LogP contribution in [0.15, 0.2) is 33.5 Å². The SMILES string of the molecule is CCc1cc(=O)oc2cc(OC(C)C(=O)N3CCC(N)CC3)ccc12. The molecule has 25 heavy (non-hydrogen) atoms. The Labute approximate surface area is 146 Å². The molecule has 0 aliphatic carbocycles. The van der Waals surface area contributed by atoms with E-state index >= 15 is 0 Å².